The summed E-state index contributed by atoms with van der Waals surface area (Å²) in [5, 5.41) is 3.39. The van der Waals surface area contributed by atoms with Crippen LogP contribution in [0.3, 0.4) is 0 Å². The average molecular weight is 241 g/mol. The third-order valence-corrected chi connectivity index (χ3v) is 3.00. The third-order valence-electron chi connectivity index (χ3n) is 3.00. The molecular formula is C16H19NO. The predicted octanol–water partition coefficient (Wildman–Crippen LogP) is 3.87. The first-order valence-corrected chi connectivity index (χ1v) is 6.27. The molecule has 0 unspecified atom stereocenters. The van der Waals surface area contributed by atoms with E-state index >= 15 is 0 Å². The highest BCUT2D eigenvalue weighted by Crippen LogP contribution is 2.17. The van der Waals surface area contributed by atoms with E-state index in [0.29, 0.717) is 0 Å². The molecule has 0 aliphatic rings. The molecule has 0 fully saturated rings. The maximum Gasteiger partial charge on any atom is 0.120 e. The molecule has 2 aromatic carbocycles. The molecule has 94 valence electrons. The Morgan fingerprint density at radius 3 is 2.39 bits per heavy atom. The fourth-order valence-electron chi connectivity index (χ4n) is 1.83. The Morgan fingerprint density at radius 2 is 1.72 bits per heavy atom. The van der Waals surface area contributed by atoms with Gasteiger partial charge in [-0.05, 0) is 29.7 Å². The molecule has 0 saturated carbocycles. The van der Waals surface area contributed by atoms with Crippen LogP contribution in [0.5, 0.6) is 5.75 Å². The number of methoxy groups -OCH3 is 1. The van der Waals surface area contributed by atoms with Crippen LogP contribution in [0.1, 0.15) is 18.1 Å². The molecule has 0 aromatic heterocycles. The monoisotopic (exact) mass is 241 g/mol. The molecule has 0 heterocycles. The number of hydrogen-bond donors (Lipinski definition) is 1. The third kappa shape index (κ3) is 3.27. The summed E-state index contributed by atoms with van der Waals surface area (Å²) in [6.45, 7) is 3.00. The summed E-state index contributed by atoms with van der Waals surface area (Å²) < 4.78 is 5.20. The second kappa shape index (κ2) is 6.10. The zero-order chi connectivity index (χ0) is 12.8. The number of nitrogens with one attached hydrogen (secondary N) is 1. The van der Waals surface area contributed by atoms with Crippen molar-refractivity contribution in [3.63, 3.8) is 0 Å². The van der Waals surface area contributed by atoms with Gasteiger partial charge in [-0.2, -0.15) is 0 Å². The SMILES string of the molecule is CCc1ccc(CNc2cccc(OC)c2)cc1. The maximum atomic E-state index is 5.20. The predicted molar refractivity (Wildman–Crippen MR) is 76.1 cm³/mol. The van der Waals surface area contributed by atoms with E-state index in [1.807, 2.05) is 24.3 Å². The summed E-state index contributed by atoms with van der Waals surface area (Å²) in [5.41, 5.74) is 3.74. The molecule has 0 bridgehead atoms. The number of ether oxygens (including phenoxy) is 1. The summed E-state index contributed by atoms with van der Waals surface area (Å²) in [5.74, 6) is 0.876. The highest BCUT2D eigenvalue weighted by molar-refractivity contribution is 5.48. The summed E-state index contributed by atoms with van der Waals surface area (Å²) in [6, 6.07) is 16.7. The molecule has 0 spiro atoms. The van der Waals surface area contributed by atoms with Crippen LogP contribution in [0.4, 0.5) is 5.69 Å². The topological polar surface area (TPSA) is 21.3 Å². The Balaban J connectivity index is 1.97. The molecule has 2 nitrogen and oxygen atoms in total. The van der Waals surface area contributed by atoms with Gasteiger partial charge < -0.3 is 10.1 Å². The molecule has 2 aromatic rings. The molecule has 1 N–H and O–H groups in total. The lowest BCUT2D eigenvalue weighted by atomic mass is 10.1. The van der Waals surface area contributed by atoms with Gasteiger partial charge in [0.05, 0.1) is 7.11 Å². The Morgan fingerprint density at radius 1 is 1.00 bits per heavy atom. The van der Waals surface area contributed by atoms with E-state index in [2.05, 4.69) is 36.5 Å². The van der Waals surface area contributed by atoms with Gasteiger partial charge in [0.15, 0.2) is 0 Å². The fraction of sp³-hybridized carbons (Fsp3) is 0.250. The van der Waals surface area contributed by atoms with Crippen LogP contribution in [0.15, 0.2) is 48.5 Å². The van der Waals surface area contributed by atoms with Crippen molar-refractivity contribution in [2.45, 2.75) is 19.9 Å². The van der Waals surface area contributed by atoms with Crippen molar-refractivity contribution in [1.82, 2.24) is 0 Å². The highest BCUT2D eigenvalue weighted by Gasteiger charge is 1.96. The van der Waals surface area contributed by atoms with E-state index in [9.17, 15) is 0 Å². The van der Waals surface area contributed by atoms with Crippen molar-refractivity contribution >= 4 is 5.69 Å². The van der Waals surface area contributed by atoms with E-state index in [-0.39, 0.29) is 0 Å². The second-order valence-corrected chi connectivity index (χ2v) is 4.26. The highest BCUT2D eigenvalue weighted by atomic mass is 16.5. The first-order chi connectivity index (χ1) is 8.81. The summed E-state index contributed by atoms with van der Waals surface area (Å²) in [7, 11) is 1.68. The lowest BCUT2D eigenvalue weighted by Gasteiger charge is -2.08. The van der Waals surface area contributed by atoms with Crippen LogP contribution in [-0.4, -0.2) is 7.11 Å². The smallest absolute Gasteiger partial charge is 0.120 e. The Kier molecular flexibility index (Phi) is 4.24. The molecule has 0 radical (unpaired) electrons. The van der Waals surface area contributed by atoms with E-state index < -0.39 is 0 Å². The second-order valence-electron chi connectivity index (χ2n) is 4.26. The number of anilines is 1. The zero-order valence-corrected chi connectivity index (χ0v) is 10.9. The van der Waals surface area contributed by atoms with Crippen LogP contribution in [0.25, 0.3) is 0 Å². The molecule has 2 heteroatoms. The van der Waals surface area contributed by atoms with E-state index in [1.54, 1.807) is 7.11 Å². The van der Waals surface area contributed by atoms with Crippen LogP contribution in [-0.2, 0) is 13.0 Å². The van der Waals surface area contributed by atoms with Gasteiger partial charge in [0.25, 0.3) is 0 Å². The molecule has 18 heavy (non-hydrogen) atoms. The average Bonchev–Trinajstić information content (AvgIpc) is 2.46. The quantitative estimate of drug-likeness (QED) is 0.858. The van der Waals surface area contributed by atoms with Crippen molar-refractivity contribution in [3.05, 3.63) is 59.7 Å². The Hall–Kier alpha value is -1.96. The van der Waals surface area contributed by atoms with Gasteiger partial charge in [0.2, 0.25) is 0 Å². The lowest BCUT2D eigenvalue weighted by Crippen LogP contribution is -1.99. The van der Waals surface area contributed by atoms with Gasteiger partial charge in [-0.1, -0.05) is 37.3 Å². The van der Waals surface area contributed by atoms with Crippen molar-refractivity contribution in [1.29, 1.82) is 0 Å². The van der Waals surface area contributed by atoms with Crippen LogP contribution in [0, 0.1) is 0 Å². The molecule has 0 atom stereocenters. The van der Waals surface area contributed by atoms with Crippen molar-refractivity contribution < 1.29 is 4.74 Å². The standard InChI is InChI=1S/C16H19NO/c1-3-13-7-9-14(10-8-13)12-17-15-5-4-6-16(11-15)18-2/h4-11,17H,3,12H2,1-2H3. The zero-order valence-electron chi connectivity index (χ0n) is 10.9. The van der Waals surface area contributed by atoms with E-state index in [0.717, 1.165) is 24.4 Å². The van der Waals surface area contributed by atoms with Gasteiger partial charge in [-0.15, -0.1) is 0 Å². The molecule has 0 saturated heterocycles. The number of hydrogen-bond acceptors (Lipinski definition) is 2. The largest absolute Gasteiger partial charge is 0.497 e. The number of rotatable bonds is 5. The van der Waals surface area contributed by atoms with E-state index in [4.69, 9.17) is 4.74 Å². The van der Waals surface area contributed by atoms with Crippen LogP contribution < -0.4 is 10.1 Å². The van der Waals surface area contributed by atoms with Crippen molar-refractivity contribution in [3.8, 4) is 5.75 Å². The molecular weight excluding hydrogens is 222 g/mol. The van der Waals surface area contributed by atoms with Gasteiger partial charge >= 0.3 is 0 Å². The van der Waals surface area contributed by atoms with Gasteiger partial charge in [-0.3, -0.25) is 0 Å². The number of benzene rings is 2. The fourth-order valence-corrected chi connectivity index (χ4v) is 1.83. The molecule has 2 rings (SSSR count). The summed E-state index contributed by atoms with van der Waals surface area (Å²) in [4.78, 5) is 0. The first-order valence-electron chi connectivity index (χ1n) is 6.27. The first kappa shape index (κ1) is 12.5. The minimum Gasteiger partial charge on any atom is -0.497 e. The van der Waals surface area contributed by atoms with Gasteiger partial charge in [0, 0.05) is 18.3 Å². The van der Waals surface area contributed by atoms with Crippen LogP contribution >= 0.6 is 0 Å². The summed E-state index contributed by atoms with van der Waals surface area (Å²) in [6.07, 6.45) is 1.09. The lowest BCUT2D eigenvalue weighted by molar-refractivity contribution is 0.415. The molecule has 0 aliphatic heterocycles. The summed E-state index contributed by atoms with van der Waals surface area (Å²) >= 11 is 0. The van der Waals surface area contributed by atoms with Gasteiger partial charge in [-0.25, -0.2) is 0 Å². The maximum absolute atomic E-state index is 5.20. The minimum atomic E-state index is 0.831. The Labute approximate surface area is 109 Å². The molecule has 0 aliphatic carbocycles. The normalized spacial score (nSPS) is 10.1. The van der Waals surface area contributed by atoms with E-state index in [1.165, 1.54) is 11.1 Å². The molecule has 0 amide bonds. The minimum absolute atomic E-state index is 0.831. The van der Waals surface area contributed by atoms with Crippen molar-refractivity contribution in [2.75, 3.05) is 12.4 Å². The Bertz CT molecular complexity index is 491. The van der Waals surface area contributed by atoms with Gasteiger partial charge in [0.1, 0.15) is 5.75 Å². The van der Waals surface area contributed by atoms with Crippen LogP contribution in [0.2, 0.25) is 0 Å². The van der Waals surface area contributed by atoms with Crippen molar-refractivity contribution in [2.24, 2.45) is 0 Å². The number of aryl methyl sites for hydroxylation is 1.